The molecule has 3 rings (SSSR count). The minimum absolute atomic E-state index is 0.710. The maximum Gasteiger partial charge on any atom is 0.163 e. The van der Waals surface area contributed by atoms with Crippen LogP contribution < -0.4 is 11.1 Å². The largest absolute Gasteiger partial charge is 0.457 e. The number of thiazole rings is 1. The van der Waals surface area contributed by atoms with E-state index in [9.17, 15) is 0 Å². The Bertz CT molecular complexity index is 656. The van der Waals surface area contributed by atoms with E-state index >= 15 is 0 Å². The van der Waals surface area contributed by atoms with Crippen molar-refractivity contribution in [1.82, 2.24) is 10.3 Å². The molecule has 0 amide bonds. The lowest BCUT2D eigenvalue weighted by Gasteiger charge is -2.00. The van der Waals surface area contributed by atoms with Gasteiger partial charge in [-0.3, -0.25) is 0 Å². The molecule has 20 heavy (non-hydrogen) atoms. The molecule has 0 radical (unpaired) electrons. The van der Waals surface area contributed by atoms with Crippen LogP contribution in [0.25, 0.3) is 21.0 Å². The van der Waals surface area contributed by atoms with E-state index in [1.807, 2.05) is 30.3 Å². The molecule has 3 aromatic rings. The summed E-state index contributed by atoms with van der Waals surface area (Å²) in [7, 11) is 0. The average molecular weight is 287 g/mol. The second-order valence-electron chi connectivity index (χ2n) is 4.57. The Kier molecular flexibility index (Phi) is 4.11. The van der Waals surface area contributed by atoms with E-state index in [1.54, 1.807) is 11.3 Å². The van der Waals surface area contributed by atoms with E-state index in [0.717, 1.165) is 41.6 Å². The highest BCUT2D eigenvalue weighted by Gasteiger charge is 2.10. The van der Waals surface area contributed by atoms with Crippen LogP contribution in [0.3, 0.4) is 0 Å². The van der Waals surface area contributed by atoms with Gasteiger partial charge >= 0.3 is 0 Å². The Morgan fingerprint density at radius 1 is 1.20 bits per heavy atom. The third-order valence-corrected chi connectivity index (χ3v) is 4.07. The molecule has 0 saturated heterocycles. The van der Waals surface area contributed by atoms with Gasteiger partial charge in [0.25, 0.3) is 0 Å². The maximum atomic E-state index is 5.83. The Morgan fingerprint density at radius 2 is 2.10 bits per heavy atom. The molecule has 2 heterocycles. The molecule has 0 fully saturated rings. The number of benzene rings is 1. The zero-order valence-electron chi connectivity index (χ0n) is 11.1. The van der Waals surface area contributed by atoms with E-state index in [1.165, 1.54) is 4.70 Å². The standard InChI is InChI=1S/C15H17N3OS/c16-8-3-9-17-10-11-6-7-13(19-11)15-18-12-4-1-2-5-14(12)20-15/h1-2,4-7,17H,3,8-10,16H2. The minimum atomic E-state index is 0.710. The molecule has 4 nitrogen and oxygen atoms in total. The van der Waals surface area contributed by atoms with Gasteiger partial charge in [0.1, 0.15) is 5.76 Å². The quantitative estimate of drug-likeness (QED) is 0.684. The van der Waals surface area contributed by atoms with Gasteiger partial charge in [-0.05, 0) is 43.8 Å². The van der Waals surface area contributed by atoms with Crippen LogP contribution >= 0.6 is 11.3 Å². The van der Waals surface area contributed by atoms with Crippen LogP contribution in [0.2, 0.25) is 0 Å². The molecule has 0 saturated carbocycles. The molecule has 3 N–H and O–H groups in total. The van der Waals surface area contributed by atoms with Crippen LogP contribution in [0.4, 0.5) is 0 Å². The van der Waals surface area contributed by atoms with E-state index in [4.69, 9.17) is 10.2 Å². The summed E-state index contributed by atoms with van der Waals surface area (Å²) in [5.74, 6) is 1.76. The Balaban J connectivity index is 1.72. The van der Waals surface area contributed by atoms with Crippen LogP contribution in [0, 0.1) is 0 Å². The van der Waals surface area contributed by atoms with Crippen molar-refractivity contribution < 1.29 is 4.42 Å². The molecule has 0 aliphatic heterocycles. The van der Waals surface area contributed by atoms with Gasteiger partial charge in [0, 0.05) is 0 Å². The van der Waals surface area contributed by atoms with E-state index < -0.39 is 0 Å². The highest BCUT2D eigenvalue weighted by Crippen LogP contribution is 2.30. The summed E-state index contributed by atoms with van der Waals surface area (Å²) in [5, 5.41) is 4.23. The summed E-state index contributed by atoms with van der Waals surface area (Å²) >= 11 is 1.65. The molecule has 1 aromatic carbocycles. The van der Waals surface area contributed by atoms with Gasteiger partial charge in [-0.1, -0.05) is 12.1 Å². The van der Waals surface area contributed by atoms with Gasteiger partial charge in [0.05, 0.1) is 16.8 Å². The van der Waals surface area contributed by atoms with Crippen LogP contribution in [0.15, 0.2) is 40.8 Å². The predicted octanol–water partition coefficient (Wildman–Crippen LogP) is 2.99. The van der Waals surface area contributed by atoms with Gasteiger partial charge in [-0.15, -0.1) is 11.3 Å². The number of nitrogens with two attached hydrogens (primary N) is 1. The lowest BCUT2D eigenvalue weighted by Crippen LogP contribution is -2.17. The third kappa shape index (κ3) is 2.90. The summed E-state index contributed by atoms with van der Waals surface area (Å²) in [4.78, 5) is 4.59. The van der Waals surface area contributed by atoms with Crippen molar-refractivity contribution >= 4 is 21.6 Å². The lowest BCUT2D eigenvalue weighted by atomic mass is 10.3. The average Bonchev–Trinajstić information content (AvgIpc) is 3.09. The molecule has 2 aromatic heterocycles. The molecular formula is C15H17N3OS. The number of nitrogens with one attached hydrogen (secondary N) is 1. The number of fused-ring (bicyclic) bond motifs is 1. The smallest absolute Gasteiger partial charge is 0.163 e. The number of hydrogen-bond donors (Lipinski definition) is 2. The number of para-hydroxylation sites is 1. The van der Waals surface area contributed by atoms with Crippen molar-refractivity contribution in [2.75, 3.05) is 13.1 Å². The fourth-order valence-corrected chi connectivity index (χ4v) is 2.93. The van der Waals surface area contributed by atoms with Gasteiger partial charge in [0.15, 0.2) is 10.8 Å². The second-order valence-corrected chi connectivity index (χ2v) is 5.60. The predicted molar refractivity (Wildman–Crippen MR) is 82.7 cm³/mol. The van der Waals surface area contributed by atoms with E-state index in [2.05, 4.69) is 16.4 Å². The highest BCUT2D eigenvalue weighted by atomic mass is 32.1. The van der Waals surface area contributed by atoms with E-state index in [0.29, 0.717) is 6.54 Å². The van der Waals surface area contributed by atoms with Gasteiger partial charge < -0.3 is 15.5 Å². The molecule has 5 heteroatoms. The van der Waals surface area contributed by atoms with Crippen molar-refractivity contribution in [1.29, 1.82) is 0 Å². The third-order valence-electron chi connectivity index (χ3n) is 3.02. The monoisotopic (exact) mass is 287 g/mol. The number of aromatic nitrogens is 1. The molecule has 0 bridgehead atoms. The van der Waals surface area contributed by atoms with Crippen LogP contribution in [0.1, 0.15) is 12.2 Å². The number of furan rings is 1. The van der Waals surface area contributed by atoms with Crippen molar-refractivity contribution in [2.45, 2.75) is 13.0 Å². The Hall–Kier alpha value is -1.69. The summed E-state index contributed by atoms with van der Waals surface area (Å²) in [6.45, 7) is 2.35. The first-order valence-electron chi connectivity index (χ1n) is 6.72. The van der Waals surface area contributed by atoms with Crippen LogP contribution in [0.5, 0.6) is 0 Å². The molecule has 0 aliphatic carbocycles. The normalized spacial score (nSPS) is 11.2. The number of nitrogens with zero attached hydrogens (tertiary/aromatic N) is 1. The summed E-state index contributed by atoms with van der Waals surface area (Å²) in [6, 6.07) is 12.1. The van der Waals surface area contributed by atoms with Gasteiger partial charge in [-0.2, -0.15) is 0 Å². The van der Waals surface area contributed by atoms with Crippen LogP contribution in [-0.4, -0.2) is 18.1 Å². The van der Waals surface area contributed by atoms with Crippen LogP contribution in [-0.2, 0) is 6.54 Å². The first-order chi connectivity index (χ1) is 9.86. The van der Waals surface area contributed by atoms with Gasteiger partial charge in [0.2, 0.25) is 0 Å². The van der Waals surface area contributed by atoms with Gasteiger partial charge in [-0.25, -0.2) is 4.98 Å². The summed E-state index contributed by atoms with van der Waals surface area (Å²) in [5.41, 5.74) is 6.47. The summed E-state index contributed by atoms with van der Waals surface area (Å²) in [6.07, 6.45) is 0.978. The molecule has 0 unspecified atom stereocenters. The van der Waals surface area contributed by atoms with Crippen molar-refractivity contribution in [3.8, 4) is 10.8 Å². The fraction of sp³-hybridized carbons (Fsp3) is 0.267. The molecular weight excluding hydrogens is 270 g/mol. The molecule has 104 valence electrons. The Morgan fingerprint density at radius 3 is 2.95 bits per heavy atom. The molecule has 0 spiro atoms. The molecule has 0 aliphatic rings. The zero-order valence-corrected chi connectivity index (χ0v) is 12.0. The SMILES string of the molecule is NCCCNCc1ccc(-c2nc3ccccc3s2)o1. The fourth-order valence-electron chi connectivity index (χ4n) is 2.00. The number of rotatable bonds is 6. The number of hydrogen-bond acceptors (Lipinski definition) is 5. The van der Waals surface area contributed by atoms with E-state index in [-0.39, 0.29) is 0 Å². The van der Waals surface area contributed by atoms with Crippen molar-refractivity contribution in [3.05, 3.63) is 42.2 Å². The maximum absolute atomic E-state index is 5.83. The second kappa shape index (κ2) is 6.17. The summed E-state index contributed by atoms with van der Waals surface area (Å²) < 4.78 is 7.02. The topological polar surface area (TPSA) is 64.1 Å². The van der Waals surface area contributed by atoms with Crippen molar-refractivity contribution in [3.63, 3.8) is 0 Å². The first kappa shape index (κ1) is 13.3. The highest BCUT2D eigenvalue weighted by molar-refractivity contribution is 7.21. The Labute approximate surface area is 121 Å². The minimum Gasteiger partial charge on any atom is -0.457 e. The lowest BCUT2D eigenvalue weighted by molar-refractivity contribution is 0.492. The first-order valence-corrected chi connectivity index (χ1v) is 7.54. The zero-order chi connectivity index (χ0) is 13.8. The molecule has 0 atom stereocenters. The van der Waals surface area contributed by atoms with Crippen molar-refractivity contribution in [2.24, 2.45) is 5.73 Å².